The van der Waals surface area contributed by atoms with Crippen LogP contribution >= 0.6 is 0 Å². The van der Waals surface area contributed by atoms with Crippen LogP contribution in [0.2, 0.25) is 0 Å². The van der Waals surface area contributed by atoms with E-state index in [1.54, 1.807) is 13.0 Å². The predicted octanol–water partition coefficient (Wildman–Crippen LogP) is 3.71. The summed E-state index contributed by atoms with van der Waals surface area (Å²) in [7, 11) is 0. The smallest absolute Gasteiger partial charge is 0.310 e. The van der Waals surface area contributed by atoms with E-state index in [4.69, 9.17) is 4.74 Å². The van der Waals surface area contributed by atoms with Crippen LogP contribution in [0.25, 0.3) is 5.57 Å². The van der Waals surface area contributed by atoms with Gasteiger partial charge in [-0.15, -0.1) is 0 Å². The Hall–Kier alpha value is -1.71. The molecule has 0 unspecified atom stereocenters. The van der Waals surface area contributed by atoms with Gasteiger partial charge in [-0.2, -0.15) is 0 Å². The van der Waals surface area contributed by atoms with E-state index in [0.717, 1.165) is 6.07 Å². The summed E-state index contributed by atoms with van der Waals surface area (Å²) < 4.78 is 31.6. The summed E-state index contributed by atoms with van der Waals surface area (Å²) in [6, 6.07) is 3.92. The third-order valence-electron chi connectivity index (χ3n) is 2.39. The van der Waals surface area contributed by atoms with Crippen LogP contribution in [0.4, 0.5) is 8.78 Å². The van der Waals surface area contributed by atoms with Gasteiger partial charge in [0.1, 0.15) is 0 Å². The van der Waals surface area contributed by atoms with Crippen molar-refractivity contribution in [2.75, 3.05) is 6.61 Å². The fourth-order valence-electron chi connectivity index (χ4n) is 1.64. The molecule has 1 rings (SSSR count). The molecular formula is C14H16F2O2. The molecule has 0 N–H and O–H groups in total. The van der Waals surface area contributed by atoms with Crippen LogP contribution < -0.4 is 0 Å². The summed E-state index contributed by atoms with van der Waals surface area (Å²) >= 11 is 0. The Morgan fingerprint density at radius 2 is 2.06 bits per heavy atom. The summed E-state index contributed by atoms with van der Waals surface area (Å²) in [6.07, 6.45) is 2.28. The second-order valence-electron chi connectivity index (χ2n) is 3.72. The molecule has 4 heteroatoms. The highest BCUT2D eigenvalue weighted by Gasteiger charge is 2.15. The first-order chi connectivity index (χ1) is 8.60. The highest BCUT2D eigenvalue weighted by molar-refractivity contribution is 5.85. The molecule has 1 aromatic carbocycles. The van der Waals surface area contributed by atoms with Crippen LogP contribution in [0, 0.1) is 11.6 Å². The zero-order valence-corrected chi connectivity index (χ0v) is 10.5. The normalized spacial score (nSPS) is 11.4. The van der Waals surface area contributed by atoms with Crippen molar-refractivity contribution in [3.63, 3.8) is 0 Å². The van der Waals surface area contributed by atoms with Gasteiger partial charge >= 0.3 is 5.97 Å². The first-order valence-electron chi connectivity index (χ1n) is 5.89. The molecule has 1 aromatic rings. The van der Waals surface area contributed by atoms with Gasteiger partial charge in [-0.25, -0.2) is 8.78 Å². The maximum Gasteiger partial charge on any atom is 0.310 e. The van der Waals surface area contributed by atoms with Crippen molar-refractivity contribution in [2.45, 2.75) is 26.7 Å². The number of halogens is 2. The lowest BCUT2D eigenvalue weighted by Crippen LogP contribution is -2.06. The van der Waals surface area contributed by atoms with Gasteiger partial charge in [-0.3, -0.25) is 4.79 Å². The van der Waals surface area contributed by atoms with Crippen LogP contribution in [0.1, 0.15) is 32.3 Å². The van der Waals surface area contributed by atoms with E-state index in [9.17, 15) is 13.6 Å². The average molecular weight is 254 g/mol. The van der Waals surface area contributed by atoms with Crippen LogP contribution in [0.3, 0.4) is 0 Å². The topological polar surface area (TPSA) is 26.3 Å². The Morgan fingerprint density at radius 3 is 2.67 bits per heavy atom. The molecule has 0 saturated carbocycles. The lowest BCUT2D eigenvalue weighted by molar-refractivity contribution is -0.141. The summed E-state index contributed by atoms with van der Waals surface area (Å²) in [5.74, 6) is -2.29. The number of allylic oxidation sites excluding steroid dienone is 1. The van der Waals surface area contributed by atoms with Crippen molar-refractivity contribution >= 4 is 11.5 Å². The van der Waals surface area contributed by atoms with E-state index in [1.807, 2.05) is 6.92 Å². The van der Waals surface area contributed by atoms with Crippen molar-refractivity contribution in [1.82, 2.24) is 0 Å². The van der Waals surface area contributed by atoms with E-state index in [0.29, 0.717) is 12.0 Å². The summed E-state index contributed by atoms with van der Waals surface area (Å²) in [5.41, 5.74) is 0.567. The highest BCUT2D eigenvalue weighted by atomic mass is 19.2. The van der Waals surface area contributed by atoms with Gasteiger partial charge < -0.3 is 4.74 Å². The van der Waals surface area contributed by atoms with Crippen molar-refractivity contribution in [3.05, 3.63) is 41.5 Å². The Labute approximate surface area is 105 Å². The molecule has 2 nitrogen and oxygen atoms in total. The third kappa shape index (κ3) is 3.65. The number of hydrogen-bond donors (Lipinski definition) is 0. The molecule has 0 bridgehead atoms. The number of hydrogen-bond acceptors (Lipinski definition) is 2. The second-order valence-corrected chi connectivity index (χ2v) is 3.72. The molecule has 0 fully saturated rings. The van der Waals surface area contributed by atoms with Crippen molar-refractivity contribution in [1.29, 1.82) is 0 Å². The molecular weight excluding hydrogens is 238 g/mol. The quantitative estimate of drug-likeness (QED) is 0.749. The maximum atomic E-state index is 13.6. The molecule has 0 spiro atoms. The zero-order chi connectivity index (χ0) is 13.5. The molecule has 0 aliphatic carbocycles. The van der Waals surface area contributed by atoms with Crippen LogP contribution in [0.15, 0.2) is 24.3 Å². The summed E-state index contributed by atoms with van der Waals surface area (Å²) in [6.45, 7) is 3.83. The third-order valence-corrected chi connectivity index (χ3v) is 2.39. The molecule has 0 amide bonds. The second kappa shape index (κ2) is 6.89. The highest BCUT2D eigenvalue weighted by Crippen LogP contribution is 2.24. The van der Waals surface area contributed by atoms with Crippen molar-refractivity contribution < 1.29 is 18.3 Å². The number of carbonyl (C=O) groups excluding carboxylic acids is 1. The first kappa shape index (κ1) is 14.4. The van der Waals surface area contributed by atoms with E-state index in [2.05, 4.69) is 0 Å². The van der Waals surface area contributed by atoms with Gasteiger partial charge in [0.15, 0.2) is 11.6 Å². The molecule has 0 aliphatic heterocycles. The van der Waals surface area contributed by atoms with Gasteiger partial charge in [0.25, 0.3) is 0 Å². The van der Waals surface area contributed by atoms with Gasteiger partial charge in [-0.1, -0.05) is 25.1 Å². The fourth-order valence-corrected chi connectivity index (χ4v) is 1.64. The molecule has 18 heavy (non-hydrogen) atoms. The molecule has 0 aliphatic rings. The zero-order valence-electron chi connectivity index (χ0n) is 10.5. The lowest BCUT2D eigenvalue weighted by atomic mass is 10.0. The fraction of sp³-hybridized carbons (Fsp3) is 0.357. The van der Waals surface area contributed by atoms with Gasteiger partial charge in [-0.05, 0) is 25.0 Å². The number of ether oxygens (including phenoxy) is 1. The number of benzene rings is 1. The Kier molecular flexibility index (Phi) is 5.49. The largest absolute Gasteiger partial charge is 0.466 e. The molecule has 0 saturated heterocycles. The van der Waals surface area contributed by atoms with Crippen LogP contribution in [-0.2, 0) is 9.53 Å². The van der Waals surface area contributed by atoms with Gasteiger partial charge in [0.2, 0.25) is 0 Å². The monoisotopic (exact) mass is 254 g/mol. The maximum absolute atomic E-state index is 13.6. The number of esters is 1. The van der Waals surface area contributed by atoms with Gasteiger partial charge in [0.05, 0.1) is 13.0 Å². The number of rotatable bonds is 5. The molecule has 0 aromatic heterocycles. The van der Waals surface area contributed by atoms with E-state index < -0.39 is 17.6 Å². The van der Waals surface area contributed by atoms with E-state index in [1.165, 1.54) is 12.1 Å². The summed E-state index contributed by atoms with van der Waals surface area (Å²) in [4.78, 5) is 11.4. The Bertz CT molecular complexity index is 453. The van der Waals surface area contributed by atoms with Crippen LogP contribution in [-0.4, -0.2) is 12.6 Å². The van der Waals surface area contributed by atoms with E-state index >= 15 is 0 Å². The lowest BCUT2D eigenvalue weighted by Gasteiger charge is -2.09. The molecule has 0 heterocycles. The number of carbonyl (C=O) groups is 1. The SMILES string of the molecule is CC/C=C(\CC(=O)OCC)c1cccc(F)c1F. The Morgan fingerprint density at radius 1 is 1.33 bits per heavy atom. The minimum absolute atomic E-state index is 0.0535. The molecule has 0 radical (unpaired) electrons. The molecule has 98 valence electrons. The first-order valence-corrected chi connectivity index (χ1v) is 5.89. The van der Waals surface area contributed by atoms with Crippen molar-refractivity contribution in [3.8, 4) is 0 Å². The summed E-state index contributed by atoms with van der Waals surface area (Å²) in [5, 5.41) is 0. The standard InChI is InChI=1S/C14H16F2O2/c1-3-6-10(9-13(17)18-4-2)11-7-5-8-12(15)14(11)16/h5-8H,3-4,9H2,1-2H3/b10-6+. The van der Waals surface area contributed by atoms with Crippen LogP contribution in [0.5, 0.6) is 0 Å². The predicted molar refractivity (Wildman–Crippen MR) is 65.9 cm³/mol. The minimum Gasteiger partial charge on any atom is -0.466 e. The van der Waals surface area contributed by atoms with Gasteiger partial charge in [0, 0.05) is 5.56 Å². The Balaban J connectivity index is 3.02. The molecule has 0 atom stereocenters. The van der Waals surface area contributed by atoms with E-state index in [-0.39, 0.29) is 18.6 Å². The minimum atomic E-state index is -0.929. The van der Waals surface area contributed by atoms with Crippen molar-refractivity contribution in [2.24, 2.45) is 0 Å². The average Bonchev–Trinajstić information content (AvgIpc) is 2.32.